The van der Waals surface area contributed by atoms with Crippen LogP contribution in [0, 0.1) is 0 Å². The number of thioether (sulfide) groups is 1. The van der Waals surface area contributed by atoms with E-state index in [1.165, 1.54) is 11.8 Å². The molecule has 1 aromatic heterocycles. The van der Waals surface area contributed by atoms with Crippen molar-refractivity contribution in [2.24, 2.45) is 0 Å². The predicted molar refractivity (Wildman–Crippen MR) is 98.2 cm³/mol. The van der Waals surface area contributed by atoms with Gasteiger partial charge >= 0.3 is 0 Å². The number of aromatic nitrogens is 2. The molecule has 2 amide bonds. The van der Waals surface area contributed by atoms with E-state index in [2.05, 4.69) is 15.3 Å². The summed E-state index contributed by atoms with van der Waals surface area (Å²) in [5.74, 6) is 0.436. The van der Waals surface area contributed by atoms with Crippen molar-refractivity contribution in [3.8, 4) is 11.3 Å². The molecule has 0 saturated carbocycles. The lowest BCUT2D eigenvalue weighted by Crippen LogP contribution is -2.46. The van der Waals surface area contributed by atoms with Crippen molar-refractivity contribution >= 4 is 23.6 Å². The van der Waals surface area contributed by atoms with Crippen molar-refractivity contribution in [2.75, 3.05) is 18.8 Å². The second-order valence-electron chi connectivity index (χ2n) is 6.10. The van der Waals surface area contributed by atoms with Crippen molar-refractivity contribution in [1.82, 2.24) is 20.2 Å². The summed E-state index contributed by atoms with van der Waals surface area (Å²) in [6.07, 6.45) is 3.41. The van der Waals surface area contributed by atoms with Crippen LogP contribution in [0.4, 0.5) is 0 Å². The van der Waals surface area contributed by atoms with Gasteiger partial charge in [-0.15, -0.1) is 0 Å². The number of hydrogen-bond acceptors (Lipinski definition) is 4. The number of nitrogens with zero attached hydrogens (tertiary/aromatic N) is 2. The number of carbonyl (C=O) groups is 2. The summed E-state index contributed by atoms with van der Waals surface area (Å²) in [4.78, 5) is 32.8. The van der Waals surface area contributed by atoms with E-state index in [0.717, 1.165) is 29.3 Å². The summed E-state index contributed by atoms with van der Waals surface area (Å²) in [6.45, 7) is 3.01. The lowest BCUT2D eigenvalue weighted by Gasteiger charge is -2.31. The van der Waals surface area contributed by atoms with Crippen molar-refractivity contribution in [3.05, 3.63) is 36.5 Å². The molecular weight excluding hydrogens is 336 g/mol. The highest BCUT2D eigenvalue weighted by atomic mass is 32.2. The number of aromatic amines is 1. The number of imidazole rings is 1. The molecule has 2 heterocycles. The van der Waals surface area contributed by atoms with Gasteiger partial charge in [0.2, 0.25) is 11.8 Å². The number of rotatable bonds is 5. The third-order valence-corrected chi connectivity index (χ3v) is 5.17. The molecule has 1 aromatic carbocycles. The molecule has 25 heavy (non-hydrogen) atoms. The van der Waals surface area contributed by atoms with Crippen LogP contribution in [-0.2, 0) is 9.59 Å². The minimum Gasteiger partial charge on any atom is -0.353 e. The maximum atomic E-state index is 12.1. The molecule has 0 radical (unpaired) electrons. The fraction of sp³-hybridized carbons (Fsp3) is 0.389. The third-order valence-electron chi connectivity index (χ3n) is 4.28. The monoisotopic (exact) mass is 358 g/mol. The molecule has 1 saturated heterocycles. The first-order chi connectivity index (χ1) is 12.1. The second-order valence-corrected chi connectivity index (χ2v) is 7.07. The molecular formula is C18H22N4O2S. The lowest BCUT2D eigenvalue weighted by molar-refractivity contribution is -0.130. The Bertz CT molecular complexity index is 724. The van der Waals surface area contributed by atoms with Gasteiger partial charge in [0.05, 0.1) is 17.6 Å². The van der Waals surface area contributed by atoms with Crippen LogP contribution in [0.2, 0.25) is 0 Å². The first kappa shape index (κ1) is 17.5. The van der Waals surface area contributed by atoms with Crippen LogP contribution in [0.5, 0.6) is 0 Å². The van der Waals surface area contributed by atoms with Crippen LogP contribution < -0.4 is 5.32 Å². The normalized spacial score (nSPS) is 15.2. The van der Waals surface area contributed by atoms with Gasteiger partial charge in [0, 0.05) is 26.1 Å². The van der Waals surface area contributed by atoms with Crippen LogP contribution >= 0.6 is 11.8 Å². The summed E-state index contributed by atoms with van der Waals surface area (Å²) in [5.41, 5.74) is 2.02. The molecule has 2 N–H and O–H groups in total. The van der Waals surface area contributed by atoms with E-state index in [1.54, 1.807) is 13.1 Å². The van der Waals surface area contributed by atoms with E-state index in [4.69, 9.17) is 0 Å². The fourth-order valence-electron chi connectivity index (χ4n) is 2.88. The zero-order valence-corrected chi connectivity index (χ0v) is 15.0. The minimum absolute atomic E-state index is 0.00364. The maximum absolute atomic E-state index is 12.1. The predicted octanol–water partition coefficient (Wildman–Crippen LogP) is 2.30. The zero-order chi connectivity index (χ0) is 17.6. The highest BCUT2D eigenvalue weighted by molar-refractivity contribution is 7.99. The Labute approximate surface area is 151 Å². The van der Waals surface area contributed by atoms with Crippen molar-refractivity contribution in [3.63, 3.8) is 0 Å². The van der Waals surface area contributed by atoms with Crippen LogP contribution in [-0.4, -0.2) is 51.6 Å². The van der Waals surface area contributed by atoms with E-state index in [1.807, 2.05) is 35.2 Å². The topological polar surface area (TPSA) is 78.1 Å². The molecule has 0 bridgehead atoms. The molecule has 132 valence electrons. The summed E-state index contributed by atoms with van der Waals surface area (Å²) in [7, 11) is 0. The molecule has 7 heteroatoms. The number of benzene rings is 1. The molecule has 0 unspecified atom stereocenters. The van der Waals surface area contributed by atoms with Gasteiger partial charge in [-0.25, -0.2) is 4.98 Å². The number of H-pyrrole nitrogens is 1. The quantitative estimate of drug-likeness (QED) is 0.804. The van der Waals surface area contributed by atoms with Crippen LogP contribution in [0.25, 0.3) is 11.3 Å². The van der Waals surface area contributed by atoms with E-state index < -0.39 is 0 Å². The van der Waals surface area contributed by atoms with E-state index >= 15 is 0 Å². The van der Waals surface area contributed by atoms with E-state index in [9.17, 15) is 9.59 Å². The average molecular weight is 358 g/mol. The van der Waals surface area contributed by atoms with Gasteiger partial charge in [0.1, 0.15) is 0 Å². The Balaban J connectivity index is 1.44. The molecule has 1 aliphatic heterocycles. The Morgan fingerprint density at radius 3 is 2.68 bits per heavy atom. The van der Waals surface area contributed by atoms with Crippen molar-refractivity contribution in [2.45, 2.75) is 31.0 Å². The average Bonchev–Trinajstić information content (AvgIpc) is 3.10. The smallest absolute Gasteiger partial charge is 0.230 e. The van der Waals surface area contributed by atoms with Gasteiger partial charge < -0.3 is 15.2 Å². The van der Waals surface area contributed by atoms with Gasteiger partial charge in [0.15, 0.2) is 5.16 Å². The fourth-order valence-corrected chi connectivity index (χ4v) is 3.54. The van der Waals surface area contributed by atoms with Gasteiger partial charge in [-0.2, -0.15) is 0 Å². The highest BCUT2D eigenvalue weighted by Crippen LogP contribution is 2.21. The molecule has 0 spiro atoms. The van der Waals surface area contributed by atoms with Gasteiger partial charge in [0.25, 0.3) is 0 Å². The second kappa shape index (κ2) is 8.20. The Kier molecular flexibility index (Phi) is 5.75. The standard InChI is InChI=1S/C18H22N4O2S/c1-13(23)22-9-7-15(8-10-22)20-17(24)12-25-18-19-11-16(21-18)14-5-3-2-4-6-14/h2-6,11,15H,7-10,12H2,1H3,(H,19,21)(H,20,24). The lowest BCUT2D eigenvalue weighted by atomic mass is 10.1. The van der Waals surface area contributed by atoms with Gasteiger partial charge in [-0.1, -0.05) is 42.1 Å². The van der Waals surface area contributed by atoms with Gasteiger partial charge in [-0.05, 0) is 18.4 Å². The summed E-state index contributed by atoms with van der Waals surface area (Å²) >= 11 is 1.39. The van der Waals surface area contributed by atoms with Crippen LogP contribution in [0.1, 0.15) is 19.8 Å². The number of piperidine rings is 1. The van der Waals surface area contributed by atoms with Gasteiger partial charge in [-0.3, -0.25) is 9.59 Å². The zero-order valence-electron chi connectivity index (χ0n) is 14.2. The number of nitrogens with one attached hydrogen (secondary N) is 2. The summed E-state index contributed by atoms with van der Waals surface area (Å²) in [5, 5.41) is 3.78. The summed E-state index contributed by atoms with van der Waals surface area (Å²) in [6, 6.07) is 10.1. The number of likely N-dealkylation sites (tertiary alicyclic amines) is 1. The minimum atomic E-state index is 0.00364. The SMILES string of the molecule is CC(=O)N1CCC(NC(=O)CSc2ncc(-c3ccccc3)[nH]2)CC1. The Hall–Kier alpha value is -2.28. The van der Waals surface area contributed by atoms with Crippen LogP contribution in [0.15, 0.2) is 41.7 Å². The maximum Gasteiger partial charge on any atom is 0.230 e. The van der Waals surface area contributed by atoms with Crippen LogP contribution in [0.3, 0.4) is 0 Å². The molecule has 6 nitrogen and oxygen atoms in total. The number of hydrogen-bond donors (Lipinski definition) is 2. The van der Waals surface area contributed by atoms with Crippen molar-refractivity contribution < 1.29 is 9.59 Å². The molecule has 2 aromatic rings. The number of carbonyl (C=O) groups excluding carboxylic acids is 2. The Morgan fingerprint density at radius 2 is 2.00 bits per heavy atom. The third kappa shape index (κ3) is 4.85. The molecule has 3 rings (SSSR count). The highest BCUT2D eigenvalue weighted by Gasteiger charge is 2.21. The largest absolute Gasteiger partial charge is 0.353 e. The molecule has 1 aliphatic rings. The molecule has 1 fully saturated rings. The Morgan fingerprint density at radius 1 is 1.28 bits per heavy atom. The summed E-state index contributed by atoms with van der Waals surface area (Å²) < 4.78 is 0. The number of amides is 2. The first-order valence-corrected chi connectivity index (χ1v) is 9.38. The molecule has 0 aliphatic carbocycles. The molecule has 0 atom stereocenters. The van der Waals surface area contributed by atoms with E-state index in [0.29, 0.717) is 18.8 Å². The van der Waals surface area contributed by atoms with Crippen molar-refractivity contribution in [1.29, 1.82) is 0 Å². The van der Waals surface area contributed by atoms with E-state index in [-0.39, 0.29) is 17.9 Å². The first-order valence-electron chi connectivity index (χ1n) is 8.40.